The Bertz CT molecular complexity index is 336. The number of hydrogen-bond acceptors (Lipinski definition) is 4. The lowest BCUT2D eigenvalue weighted by molar-refractivity contribution is 0.364. The van der Waals surface area contributed by atoms with Gasteiger partial charge in [-0.1, -0.05) is 0 Å². The monoisotopic (exact) mass is 318 g/mol. The van der Waals surface area contributed by atoms with E-state index >= 15 is 0 Å². The lowest BCUT2D eigenvalue weighted by Crippen LogP contribution is -2.45. The van der Waals surface area contributed by atoms with Crippen LogP contribution in [-0.2, 0) is 0 Å². The van der Waals surface area contributed by atoms with Crippen molar-refractivity contribution < 1.29 is 0 Å². The summed E-state index contributed by atoms with van der Waals surface area (Å²) in [5.74, 6) is 0.954. The van der Waals surface area contributed by atoms with Crippen molar-refractivity contribution >= 4 is 28.4 Å². The Morgan fingerprint density at radius 1 is 1.47 bits per heavy atom. The number of hydrogen-bond donors (Lipinski definition) is 2. The topological polar surface area (TPSA) is 49.8 Å². The number of nitrogens with one attached hydrogen (secondary N) is 2. The minimum Gasteiger partial charge on any atom is -0.364 e. The van der Waals surface area contributed by atoms with Crippen molar-refractivity contribution in [2.45, 2.75) is 25.3 Å². The third-order valence-electron chi connectivity index (χ3n) is 2.79. The van der Waals surface area contributed by atoms with Crippen LogP contribution in [0.2, 0.25) is 0 Å². The second-order valence-electron chi connectivity index (χ2n) is 4.15. The second kappa shape index (κ2) is 4.61. The maximum absolute atomic E-state index is 4.27. The highest BCUT2D eigenvalue weighted by molar-refractivity contribution is 14.1. The highest BCUT2D eigenvalue weighted by Gasteiger charge is 2.27. The predicted octanol–water partition coefficient (Wildman–Crippen LogP) is 1.64. The molecule has 0 atom stereocenters. The van der Waals surface area contributed by atoms with E-state index < -0.39 is 0 Å². The molecule has 0 aromatic carbocycles. The molecule has 0 radical (unpaired) electrons. The molecule has 5 heteroatoms. The third-order valence-corrected chi connectivity index (χ3v) is 3.58. The Kier molecular flexibility index (Phi) is 3.40. The maximum atomic E-state index is 4.27. The van der Waals surface area contributed by atoms with Crippen LogP contribution in [-0.4, -0.2) is 28.6 Å². The van der Waals surface area contributed by atoms with Crippen LogP contribution < -0.4 is 10.6 Å². The zero-order valence-corrected chi connectivity index (χ0v) is 10.9. The summed E-state index contributed by atoms with van der Waals surface area (Å²) >= 11 is 2.26. The average molecular weight is 318 g/mol. The lowest BCUT2D eigenvalue weighted by Gasteiger charge is -2.35. The standard InChI is InChI=1S/C10H15IN4/c1-10(2-4-12-5-3-10)15-9-8(11)6-13-7-14-9/h6-7,12H,2-5H2,1H3,(H,13,14,15). The Labute approximate surface area is 103 Å². The van der Waals surface area contributed by atoms with Crippen LogP contribution in [0.1, 0.15) is 19.8 Å². The lowest BCUT2D eigenvalue weighted by atomic mass is 9.91. The van der Waals surface area contributed by atoms with E-state index in [1.165, 1.54) is 0 Å². The average Bonchev–Trinajstić information content (AvgIpc) is 2.22. The quantitative estimate of drug-likeness (QED) is 0.814. The Morgan fingerprint density at radius 3 is 2.87 bits per heavy atom. The van der Waals surface area contributed by atoms with Gasteiger partial charge in [0, 0.05) is 11.7 Å². The van der Waals surface area contributed by atoms with Crippen LogP contribution >= 0.6 is 22.6 Å². The number of piperidine rings is 1. The fourth-order valence-electron chi connectivity index (χ4n) is 1.79. The number of rotatable bonds is 2. The molecule has 0 bridgehead atoms. The van der Waals surface area contributed by atoms with Crippen molar-refractivity contribution in [1.29, 1.82) is 0 Å². The fraction of sp³-hybridized carbons (Fsp3) is 0.600. The summed E-state index contributed by atoms with van der Waals surface area (Å²) in [4.78, 5) is 8.26. The summed E-state index contributed by atoms with van der Waals surface area (Å²) in [6.07, 6.45) is 5.69. The molecule has 1 aliphatic rings. The first-order valence-corrected chi connectivity index (χ1v) is 6.22. The number of aromatic nitrogens is 2. The molecule has 1 fully saturated rings. The van der Waals surface area contributed by atoms with Crippen molar-refractivity contribution in [2.75, 3.05) is 18.4 Å². The van der Waals surface area contributed by atoms with Crippen molar-refractivity contribution in [3.63, 3.8) is 0 Å². The van der Waals surface area contributed by atoms with E-state index in [1.807, 2.05) is 6.20 Å². The molecule has 1 aromatic rings. The van der Waals surface area contributed by atoms with Crippen molar-refractivity contribution in [2.24, 2.45) is 0 Å². The number of nitrogens with zero attached hydrogens (tertiary/aromatic N) is 2. The summed E-state index contributed by atoms with van der Waals surface area (Å²) in [5.41, 5.74) is 0.166. The molecule has 2 N–H and O–H groups in total. The van der Waals surface area contributed by atoms with Gasteiger partial charge in [-0.2, -0.15) is 0 Å². The maximum Gasteiger partial charge on any atom is 0.143 e. The molecular formula is C10H15IN4. The molecule has 4 nitrogen and oxygen atoms in total. The van der Waals surface area contributed by atoms with E-state index in [2.05, 4.69) is 50.1 Å². The van der Waals surface area contributed by atoms with Crippen LogP contribution in [0, 0.1) is 3.57 Å². The van der Waals surface area contributed by atoms with Crippen LogP contribution in [0.25, 0.3) is 0 Å². The molecule has 1 saturated heterocycles. The summed E-state index contributed by atoms with van der Waals surface area (Å²) in [6, 6.07) is 0. The van der Waals surface area contributed by atoms with E-state index in [0.717, 1.165) is 35.3 Å². The van der Waals surface area contributed by atoms with Gasteiger partial charge in [-0.25, -0.2) is 9.97 Å². The molecule has 0 spiro atoms. The normalized spacial score (nSPS) is 19.9. The van der Waals surface area contributed by atoms with E-state index in [-0.39, 0.29) is 5.54 Å². The number of halogens is 1. The summed E-state index contributed by atoms with van der Waals surface area (Å²) in [7, 11) is 0. The SMILES string of the molecule is CC1(Nc2ncncc2I)CCNCC1. The molecule has 82 valence electrons. The first-order valence-electron chi connectivity index (χ1n) is 5.14. The summed E-state index contributed by atoms with van der Waals surface area (Å²) < 4.78 is 1.08. The van der Waals surface area contributed by atoms with Crippen LogP contribution in [0.15, 0.2) is 12.5 Å². The molecule has 0 unspecified atom stereocenters. The summed E-state index contributed by atoms with van der Waals surface area (Å²) in [5, 5.41) is 6.89. The van der Waals surface area contributed by atoms with Gasteiger partial charge in [-0.3, -0.25) is 0 Å². The minimum atomic E-state index is 0.166. The van der Waals surface area contributed by atoms with E-state index in [0.29, 0.717) is 0 Å². The summed E-state index contributed by atoms with van der Waals surface area (Å²) in [6.45, 7) is 4.41. The minimum absolute atomic E-state index is 0.166. The van der Waals surface area contributed by atoms with Crippen molar-refractivity contribution in [1.82, 2.24) is 15.3 Å². The third kappa shape index (κ3) is 2.78. The Morgan fingerprint density at radius 2 is 2.20 bits per heavy atom. The molecule has 0 amide bonds. The van der Waals surface area contributed by atoms with E-state index in [9.17, 15) is 0 Å². The van der Waals surface area contributed by atoms with Gasteiger partial charge in [0.2, 0.25) is 0 Å². The van der Waals surface area contributed by atoms with Crippen LogP contribution in [0.3, 0.4) is 0 Å². The van der Waals surface area contributed by atoms with Gasteiger partial charge < -0.3 is 10.6 Å². The first-order chi connectivity index (χ1) is 7.20. The number of anilines is 1. The van der Waals surface area contributed by atoms with Crippen LogP contribution in [0.4, 0.5) is 5.82 Å². The fourth-order valence-corrected chi connectivity index (χ4v) is 2.23. The molecule has 0 saturated carbocycles. The molecule has 15 heavy (non-hydrogen) atoms. The highest BCUT2D eigenvalue weighted by atomic mass is 127. The highest BCUT2D eigenvalue weighted by Crippen LogP contribution is 2.24. The smallest absolute Gasteiger partial charge is 0.143 e. The van der Waals surface area contributed by atoms with Gasteiger partial charge in [0.25, 0.3) is 0 Å². The predicted molar refractivity (Wildman–Crippen MR) is 68.9 cm³/mol. The molecular weight excluding hydrogens is 303 g/mol. The Hall–Kier alpha value is -0.430. The van der Waals surface area contributed by atoms with E-state index in [4.69, 9.17) is 0 Å². The first kappa shape index (κ1) is 11.1. The zero-order chi connectivity index (χ0) is 10.7. The van der Waals surface area contributed by atoms with Gasteiger partial charge in [0.1, 0.15) is 12.1 Å². The van der Waals surface area contributed by atoms with Crippen LogP contribution in [0.5, 0.6) is 0 Å². The van der Waals surface area contributed by atoms with Gasteiger partial charge in [-0.15, -0.1) is 0 Å². The molecule has 2 heterocycles. The van der Waals surface area contributed by atoms with Gasteiger partial charge in [-0.05, 0) is 55.4 Å². The second-order valence-corrected chi connectivity index (χ2v) is 5.32. The van der Waals surface area contributed by atoms with Crippen molar-refractivity contribution in [3.8, 4) is 0 Å². The zero-order valence-electron chi connectivity index (χ0n) is 8.76. The molecule has 2 rings (SSSR count). The Balaban J connectivity index is 2.10. The molecule has 1 aliphatic heterocycles. The van der Waals surface area contributed by atoms with E-state index in [1.54, 1.807) is 6.33 Å². The van der Waals surface area contributed by atoms with Gasteiger partial charge >= 0.3 is 0 Å². The van der Waals surface area contributed by atoms with Gasteiger partial charge in [0.05, 0.1) is 3.57 Å². The molecule has 1 aromatic heterocycles. The van der Waals surface area contributed by atoms with Gasteiger partial charge in [0.15, 0.2) is 0 Å². The molecule has 0 aliphatic carbocycles. The largest absolute Gasteiger partial charge is 0.364 e. The van der Waals surface area contributed by atoms with Crippen molar-refractivity contribution in [3.05, 3.63) is 16.1 Å².